The van der Waals surface area contributed by atoms with Crippen molar-refractivity contribution in [2.75, 3.05) is 19.8 Å². The Kier molecular flexibility index (Phi) is 27.1. The number of rotatable bonds is 20. The second-order valence-electron chi connectivity index (χ2n) is 31.9. The Morgan fingerprint density at radius 1 is 0.650 bits per heavy atom. The zero-order valence-electron chi connectivity index (χ0n) is 67.2. The number of aromatic hydroxyl groups is 3. The molecule has 0 spiro atoms. The SMILES string of the molecule is CCC(CC)CN[C@@]1(C)C[C@H](O[C@H]2[C@H](Oc3c4cc5cc3Oc3ccc(cc3Cl)[C@@H](O)[C@@H](NC(=O)[C@@H](CC(C)C)NC(=O)OCC3c6ccccc6-c6ccccc63)C(=O)N[C@@H](CC(N)=O)C(=O)N[C@H]5C(=O)N[C@H]3C(=O)N[C@H](C(=O)N[C@H](C(=O)O)c5cc(O)cc(O)c5-c5cc3ccc5O)[C@H](O)c3ccc(c(Cl)c3)O4)O[C@H](CO)[C@@H](O)[C@@H]2O)O[C@@H](C)[C@H]1O. The molecule has 7 aromatic rings. The minimum atomic E-state index is -2.41. The molecule has 0 unspecified atom stereocenters. The van der Waals surface area contributed by atoms with E-state index in [1.807, 2.05) is 62.4 Å². The molecule has 18 atom stereocenters. The lowest BCUT2D eigenvalue weighted by molar-refractivity contribution is -0.334. The minimum Gasteiger partial charge on any atom is -0.508 e. The van der Waals surface area contributed by atoms with Crippen LogP contribution >= 0.6 is 23.2 Å². The third-order valence-electron chi connectivity index (χ3n) is 23.0. The van der Waals surface area contributed by atoms with E-state index in [9.17, 15) is 65.4 Å². The Morgan fingerprint density at radius 2 is 1.25 bits per heavy atom. The number of aliphatic hydroxyl groups excluding tert-OH is 6. The quantitative estimate of drug-likeness (QED) is 0.0448. The Morgan fingerprint density at radius 3 is 1.85 bits per heavy atom. The maximum absolute atomic E-state index is 16.3. The molecule has 0 saturated carbocycles. The molecule has 654 valence electrons. The van der Waals surface area contributed by atoms with Crippen molar-refractivity contribution in [3.63, 3.8) is 0 Å². The number of carboxylic acid groups (broad SMARTS) is 1. The van der Waals surface area contributed by atoms with Crippen molar-refractivity contribution < 1.29 is 127 Å². The van der Waals surface area contributed by atoms with E-state index in [4.69, 9.17) is 62.1 Å². The molecule has 7 aliphatic heterocycles. The van der Waals surface area contributed by atoms with Gasteiger partial charge in [-0.2, -0.15) is 0 Å². The summed E-state index contributed by atoms with van der Waals surface area (Å²) in [4.78, 5) is 134. The highest BCUT2D eigenvalue weighted by molar-refractivity contribution is 6.32. The van der Waals surface area contributed by atoms with Crippen LogP contribution in [-0.4, -0.2) is 203 Å². The fourth-order valence-corrected chi connectivity index (χ4v) is 16.7. The van der Waals surface area contributed by atoms with Gasteiger partial charge in [-0.25, -0.2) is 9.59 Å². The first-order valence-corrected chi connectivity index (χ1v) is 40.7. The number of fused-ring (bicyclic) bond motifs is 18. The number of hydrogen-bond donors (Lipinski definition) is 19. The van der Waals surface area contributed by atoms with Gasteiger partial charge in [-0.1, -0.05) is 130 Å². The van der Waals surface area contributed by atoms with Crippen molar-refractivity contribution in [1.29, 1.82) is 0 Å². The Labute approximate surface area is 713 Å². The summed E-state index contributed by atoms with van der Waals surface area (Å²) in [6.45, 7) is 10.1. The summed E-state index contributed by atoms with van der Waals surface area (Å²) in [6, 6.07) is 13.4. The predicted molar refractivity (Wildman–Crippen MR) is 436 cm³/mol. The first kappa shape index (κ1) is 89.3. The molecule has 15 rings (SSSR count). The highest BCUT2D eigenvalue weighted by Crippen LogP contribution is 2.51. The minimum absolute atomic E-state index is 0.114. The zero-order valence-corrected chi connectivity index (χ0v) is 68.7. The lowest BCUT2D eigenvalue weighted by Crippen LogP contribution is -2.65. The number of nitrogens with two attached hydrogens (primary N) is 1. The standard InChI is InChI=1S/C86H95Cl2N9O26/c1-7-38(8-2)33-90-86(6)32-63(118-37(5)76(86)107)122-75-73(106)72(105)61(34-98)121-84(75)123-74-59-27-42-28-60(74)120-58-22-19-41(26-52(58)88)71(104)69-82(113)95-67(83(114)115)49-29-43(99)30-56(101)64(49)48-24-39(17-20-55(48)100)65(79(110)97-69)94-80(111)66(42)93-78(109)54(31-62(89)102)91-81(112)68(70(103)40-18-21-57(119-59)51(87)25-40)96-77(108)53(23-36(3)4)92-85(116)117-35-50-46-15-11-9-13-44(46)45-14-10-12-16-47(45)50/h9-22,24-30,36-38,50,53-54,61,63,65-73,75-76,84,90,98-101,103-107H,7-8,23,31-35H2,1-6H3,(H2,89,102)(H,91,112)(H,92,116)(H,93,109)(H,94,111)(H,95,113)(H,96,108)(H,97,110)(H,114,115)/t37-,53+,54-,61+,63-,65+,66+,67-,68+,69-,70+,71+,72+,73-,75+,76+,84-,86-/m0/s1. The Hall–Kier alpha value is -11.5. The van der Waals surface area contributed by atoms with Gasteiger partial charge in [0.15, 0.2) is 29.9 Å². The van der Waals surface area contributed by atoms with Gasteiger partial charge in [-0.3, -0.25) is 33.6 Å². The molecule has 2 saturated heterocycles. The summed E-state index contributed by atoms with van der Waals surface area (Å²) in [7, 11) is 0. The maximum atomic E-state index is 16.3. The molecular weight excluding hydrogens is 1650 g/mol. The summed E-state index contributed by atoms with van der Waals surface area (Å²) < 4.78 is 45.3. The maximum Gasteiger partial charge on any atom is 0.407 e. The van der Waals surface area contributed by atoms with Gasteiger partial charge in [-0.05, 0) is 138 Å². The number of phenols is 3. The summed E-state index contributed by atoms with van der Waals surface area (Å²) in [6.07, 6.45) is -18.4. The summed E-state index contributed by atoms with van der Waals surface area (Å²) >= 11 is 14.4. The molecule has 7 heterocycles. The highest BCUT2D eigenvalue weighted by atomic mass is 35.5. The van der Waals surface area contributed by atoms with Crippen molar-refractivity contribution in [3.05, 3.63) is 176 Å². The Bertz CT molecular complexity index is 5190. The van der Waals surface area contributed by atoms with Gasteiger partial charge in [0.2, 0.25) is 53.4 Å². The number of alkyl carbamates (subject to hydrolysis) is 1. The van der Waals surface area contributed by atoms with Crippen molar-refractivity contribution in [2.45, 2.75) is 189 Å². The fraction of sp³-hybridized carbons (Fsp3) is 0.407. The van der Waals surface area contributed by atoms with E-state index in [1.165, 1.54) is 12.1 Å². The molecule has 11 bridgehead atoms. The molecule has 123 heavy (non-hydrogen) atoms. The molecule has 8 aliphatic rings. The smallest absolute Gasteiger partial charge is 0.407 e. The van der Waals surface area contributed by atoms with Crippen molar-refractivity contribution >= 4 is 76.6 Å². The number of ether oxygens (including phenoxy) is 7. The molecule has 20 N–H and O–H groups in total. The van der Waals surface area contributed by atoms with Gasteiger partial charge >= 0.3 is 12.1 Å². The molecule has 0 radical (unpaired) electrons. The molecular formula is C86H95Cl2N9O26. The number of hydrogen-bond acceptors (Lipinski definition) is 26. The molecule has 2 fully saturated rings. The van der Waals surface area contributed by atoms with Crippen molar-refractivity contribution in [2.24, 2.45) is 17.6 Å². The van der Waals surface area contributed by atoms with Crippen LogP contribution in [0.5, 0.6) is 46.0 Å². The first-order valence-electron chi connectivity index (χ1n) is 39.9. The van der Waals surface area contributed by atoms with Crippen LogP contribution in [0.3, 0.4) is 0 Å². The number of halogens is 2. The van der Waals surface area contributed by atoms with Gasteiger partial charge < -0.3 is 132 Å². The number of aliphatic carboxylic acids is 1. The van der Waals surface area contributed by atoms with Crippen LogP contribution in [0.25, 0.3) is 22.3 Å². The molecule has 7 aromatic carbocycles. The largest absolute Gasteiger partial charge is 0.508 e. The number of carbonyl (C=O) groups is 9. The second-order valence-corrected chi connectivity index (χ2v) is 32.7. The molecule has 35 nitrogen and oxygen atoms in total. The predicted octanol–water partition coefficient (Wildman–Crippen LogP) is 5.49. The number of amides is 8. The summed E-state index contributed by atoms with van der Waals surface area (Å²) in [5, 5.41) is 137. The fourth-order valence-electron chi connectivity index (χ4n) is 16.3. The Balaban J connectivity index is 0.968. The third-order valence-corrected chi connectivity index (χ3v) is 23.6. The zero-order chi connectivity index (χ0) is 88.5. The topological polar surface area (TPSA) is 543 Å². The van der Waals surface area contributed by atoms with E-state index in [0.29, 0.717) is 6.54 Å². The number of phenolic OH excluding ortho intramolecular Hbond substituents is 3. The van der Waals surface area contributed by atoms with Crippen LogP contribution in [0, 0.1) is 11.8 Å². The number of aliphatic hydroxyl groups is 6. The number of primary amides is 1. The summed E-state index contributed by atoms with van der Waals surface area (Å²) in [5.74, 6) is -17.2. The van der Waals surface area contributed by atoms with Gasteiger partial charge in [0.05, 0.1) is 35.3 Å². The van der Waals surface area contributed by atoms with Crippen LogP contribution < -0.4 is 62.5 Å². The third kappa shape index (κ3) is 19.0. The van der Waals surface area contributed by atoms with E-state index < -0.39 is 254 Å². The van der Waals surface area contributed by atoms with E-state index in [1.54, 1.807) is 27.7 Å². The first-order chi connectivity index (χ1) is 58.5. The van der Waals surface area contributed by atoms with Crippen LogP contribution in [0.2, 0.25) is 10.0 Å². The van der Waals surface area contributed by atoms with Crippen LogP contribution in [0.1, 0.15) is 149 Å². The average molecular weight is 1740 g/mol. The van der Waals surface area contributed by atoms with Gasteiger partial charge in [0.25, 0.3) is 0 Å². The van der Waals surface area contributed by atoms with Gasteiger partial charge in [0, 0.05) is 40.6 Å². The van der Waals surface area contributed by atoms with Gasteiger partial charge in [0.1, 0.15) is 102 Å². The van der Waals surface area contributed by atoms with Crippen LogP contribution in [-0.2, 0) is 57.3 Å². The van der Waals surface area contributed by atoms with E-state index in [0.717, 1.165) is 102 Å². The summed E-state index contributed by atoms with van der Waals surface area (Å²) in [5.41, 5.74) is 5.33. The number of nitrogens with one attached hydrogen (secondary N) is 8. The van der Waals surface area contributed by atoms with Crippen molar-refractivity contribution in [3.8, 4) is 68.2 Å². The number of carboxylic acids is 1. The van der Waals surface area contributed by atoms with E-state index in [-0.39, 0.29) is 53.7 Å². The lowest BCUT2D eigenvalue weighted by Gasteiger charge is -2.48. The second kappa shape index (κ2) is 37.3. The van der Waals surface area contributed by atoms with E-state index >= 15 is 28.8 Å². The number of carbonyl (C=O) groups excluding carboxylic acids is 8. The molecule has 0 aromatic heterocycles. The molecule has 37 heteroatoms. The van der Waals surface area contributed by atoms with Crippen LogP contribution in [0.15, 0.2) is 127 Å². The highest BCUT2D eigenvalue weighted by Gasteiger charge is 2.53. The monoisotopic (exact) mass is 1740 g/mol. The van der Waals surface area contributed by atoms with E-state index in [2.05, 4.69) is 42.5 Å². The molecule has 1 aliphatic carbocycles. The number of benzene rings is 7. The van der Waals surface area contributed by atoms with Gasteiger partial charge in [-0.15, -0.1) is 0 Å². The average Bonchev–Trinajstić information content (AvgIpc) is 1.56. The molecule has 8 amide bonds. The van der Waals surface area contributed by atoms with Crippen molar-refractivity contribution in [1.82, 2.24) is 42.5 Å². The van der Waals surface area contributed by atoms with Crippen LogP contribution in [0.4, 0.5) is 4.79 Å². The lowest BCUT2D eigenvalue weighted by atomic mass is 9.84. The normalized spacial score (nSPS) is 26.6.